The second-order valence-corrected chi connectivity index (χ2v) is 8.09. The fraction of sp³-hybridized carbons (Fsp3) is 0.364. The number of amides is 2. The molecule has 0 aliphatic rings. The van der Waals surface area contributed by atoms with Crippen LogP contribution in [0.2, 0.25) is 5.02 Å². The van der Waals surface area contributed by atoms with Crippen LogP contribution >= 0.6 is 23.4 Å². The number of hydrogen-bond acceptors (Lipinski definition) is 3. The summed E-state index contributed by atoms with van der Waals surface area (Å²) in [6, 6.07) is 15.2. The molecule has 2 aromatic rings. The van der Waals surface area contributed by atoms with Gasteiger partial charge in [0.05, 0.1) is 5.75 Å². The number of carbonyl (C=O) groups excluding carboxylic acids is 2. The van der Waals surface area contributed by atoms with E-state index in [1.807, 2.05) is 62.4 Å². The Morgan fingerprint density at radius 1 is 1.07 bits per heavy atom. The van der Waals surface area contributed by atoms with Crippen molar-refractivity contribution in [3.63, 3.8) is 0 Å². The summed E-state index contributed by atoms with van der Waals surface area (Å²) in [5, 5.41) is 3.38. The van der Waals surface area contributed by atoms with Crippen molar-refractivity contribution in [2.75, 3.05) is 12.8 Å². The summed E-state index contributed by atoms with van der Waals surface area (Å²) >= 11 is 7.46. The summed E-state index contributed by atoms with van der Waals surface area (Å²) in [6.45, 7) is 4.38. The minimum atomic E-state index is -0.477. The summed E-state index contributed by atoms with van der Waals surface area (Å²) in [5.74, 6) is 0.876. The second kappa shape index (κ2) is 11.1. The summed E-state index contributed by atoms with van der Waals surface area (Å²) in [7, 11) is 1.61. The van der Waals surface area contributed by atoms with Gasteiger partial charge in [0, 0.05) is 24.4 Å². The molecule has 0 spiro atoms. The van der Waals surface area contributed by atoms with Crippen LogP contribution in [0.25, 0.3) is 0 Å². The molecule has 1 unspecified atom stereocenters. The van der Waals surface area contributed by atoms with Crippen LogP contribution in [0, 0.1) is 6.92 Å². The maximum atomic E-state index is 13.0. The molecule has 4 nitrogen and oxygen atoms in total. The summed E-state index contributed by atoms with van der Waals surface area (Å²) in [5.41, 5.74) is 3.30. The molecule has 2 amide bonds. The van der Waals surface area contributed by atoms with Gasteiger partial charge < -0.3 is 10.2 Å². The topological polar surface area (TPSA) is 49.4 Å². The molecule has 0 aliphatic heterocycles. The minimum Gasteiger partial charge on any atom is -0.357 e. The zero-order valence-electron chi connectivity index (χ0n) is 16.6. The van der Waals surface area contributed by atoms with Crippen LogP contribution in [-0.2, 0) is 21.9 Å². The molecule has 1 N–H and O–H groups in total. The molecule has 2 aromatic carbocycles. The Morgan fingerprint density at radius 2 is 1.68 bits per heavy atom. The van der Waals surface area contributed by atoms with Crippen LogP contribution in [0.4, 0.5) is 0 Å². The van der Waals surface area contributed by atoms with Gasteiger partial charge in [-0.3, -0.25) is 9.59 Å². The number of nitrogens with one attached hydrogen (secondary N) is 1. The lowest BCUT2D eigenvalue weighted by atomic mass is 10.1. The highest BCUT2D eigenvalue weighted by atomic mass is 35.5. The van der Waals surface area contributed by atoms with Gasteiger partial charge >= 0.3 is 0 Å². The summed E-state index contributed by atoms with van der Waals surface area (Å²) in [4.78, 5) is 27.0. The Morgan fingerprint density at radius 3 is 2.25 bits per heavy atom. The standard InChI is InChI=1S/C22H27ClN2O2S/c1-4-20(22(27)24-3)25(13-17-7-5-16(2)6-8-17)21(26)15-28-14-18-9-11-19(23)12-10-18/h5-12,20H,4,13-15H2,1-3H3,(H,24,27). The number of nitrogens with zero attached hydrogens (tertiary/aromatic N) is 1. The van der Waals surface area contributed by atoms with E-state index in [1.165, 1.54) is 5.56 Å². The maximum Gasteiger partial charge on any atom is 0.242 e. The zero-order chi connectivity index (χ0) is 20.5. The van der Waals surface area contributed by atoms with Crippen molar-refractivity contribution in [1.82, 2.24) is 10.2 Å². The number of benzene rings is 2. The molecule has 6 heteroatoms. The number of hydrogen-bond donors (Lipinski definition) is 1. The number of rotatable bonds is 9. The van der Waals surface area contributed by atoms with E-state index in [9.17, 15) is 9.59 Å². The zero-order valence-corrected chi connectivity index (χ0v) is 18.1. The fourth-order valence-electron chi connectivity index (χ4n) is 2.90. The van der Waals surface area contributed by atoms with Gasteiger partial charge in [0.25, 0.3) is 0 Å². The van der Waals surface area contributed by atoms with Gasteiger partial charge in [-0.15, -0.1) is 11.8 Å². The molecule has 0 bridgehead atoms. The average molecular weight is 419 g/mol. The average Bonchev–Trinajstić information content (AvgIpc) is 2.70. The van der Waals surface area contributed by atoms with Crippen LogP contribution in [-0.4, -0.2) is 35.6 Å². The number of halogens is 1. The first-order valence-electron chi connectivity index (χ1n) is 9.33. The van der Waals surface area contributed by atoms with Crippen LogP contribution in [0.3, 0.4) is 0 Å². The van der Waals surface area contributed by atoms with Gasteiger partial charge in [-0.25, -0.2) is 0 Å². The van der Waals surface area contributed by atoms with Crippen molar-refractivity contribution >= 4 is 35.2 Å². The van der Waals surface area contributed by atoms with Crippen LogP contribution < -0.4 is 5.32 Å². The third kappa shape index (κ3) is 6.57. The van der Waals surface area contributed by atoms with E-state index in [1.54, 1.807) is 23.7 Å². The van der Waals surface area contributed by atoms with Gasteiger partial charge in [-0.2, -0.15) is 0 Å². The van der Waals surface area contributed by atoms with E-state index in [-0.39, 0.29) is 11.8 Å². The fourth-order valence-corrected chi connectivity index (χ4v) is 3.89. The highest BCUT2D eigenvalue weighted by molar-refractivity contribution is 7.99. The van der Waals surface area contributed by atoms with E-state index in [0.717, 1.165) is 16.9 Å². The lowest BCUT2D eigenvalue weighted by molar-refractivity contribution is -0.139. The molecular formula is C22H27ClN2O2S. The molecule has 2 rings (SSSR count). The Labute approximate surface area is 176 Å². The van der Waals surface area contributed by atoms with Crippen LogP contribution in [0.15, 0.2) is 48.5 Å². The van der Waals surface area contributed by atoms with Gasteiger partial charge in [0.15, 0.2) is 0 Å². The third-order valence-electron chi connectivity index (χ3n) is 4.51. The van der Waals surface area contributed by atoms with E-state index >= 15 is 0 Å². The van der Waals surface area contributed by atoms with Crippen molar-refractivity contribution in [3.05, 3.63) is 70.2 Å². The largest absolute Gasteiger partial charge is 0.357 e. The van der Waals surface area contributed by atoms with E-state index in [4.69, 9.17) is 11.6 Å². The lowest BCUT2D eigenvalue weighted by Gasteiger charge is -2.30. The molecule has 0 saturated carbocycles. The first-order valence-corrected chi connectivity index (χ1v) is 10.9. The highest BCUT2D eigenvalue weighted by Gasteiger charge is 2.27. The molecule has 0 saturated heterocycles. The Bertz CT molecular complexity index is 778. The van der Waals surface area contributed by atoms with Crippen LogP contribution in [0.1, 0.15) is 30.0 Å². The molecule has 0 fully saturated rings. The van der Waals surface area contributed by atoms with Gasteiger partial charge in [0.2, 0.25) is 11.8 Å². The Kier molecular flexibility index (Phi) is 8.87. The van der Waals surface area contributed by atoms with Gasteiger partial charge in [-0.05, 0) is 36.6 Å². The first-order chi connectivity index (χ1) is 13.4. The summed E-state index contributed by atoms with van der Waals surface area (Å²) in [6.07, 6.45) is 0.569. The van der Waals surface area contributed by atoms with Crippen molar-refractivity contribution in [2.45, 2.75) is 38.6 Å². The molecule has 1 atom stereocenters. The number of aryl methyl sites for hydroxylation is 1. The van der Waals surface area contributed by atoms with Gasteiger partial charge in [-0.1, -0.05) is 60.5 Å². The number of likely N-dealkylation sites (N-methyl/N-ethyl adjacent to an activating group) is 1. The lowest BCUT2D eigenvalue weighted by Crippen LogP contribution is -2.48. The molecule has 150 valence electrons. The predicted molar refractivity (Wildman–Crippen MR) is 117 cm³/mol. The quantitative estimate of drug-likeness (QED) is 0.655. The molecule has 0 heterocycles. The second-order valence-electron chi connectivity index (χ2n) is 6.66. The first kappa shape index (κ1) is 22.3. The van der Waals surface area contributed by atoms with Crippen molar-refractivity contribution in [3.8, 4) is 0 Å². The smallest absolute Gasteiger partial charge is 0.242 e. The monoisotopic (exact) mass is 418 g/mol. The van der Waals surface area contributed by atoms with Crippen molar-refractivity contribution < 1.29 is 9.59 Å². The predicted octanol–water partition coefficient (Wildman–Crippen LogP) is 4.44. The normalized spacial score (nSPS) is 11.7. The molecule has 0 aliphatic carbocycles. The third-order valence-corrected chi connectivity index (χ3v) is 5.75. The van der Waals surface area contributed by atoms with E-state index in [0.29, 0.717) is 23.7 Å². The number of carbonyl (C=O) groups is 2. The van der Waals surface area contributed by atoms with Gasteiger partial charge in [0.1, 0.15) is 6.04 Å². The Hall–Kier alpha value is -1.98. The molecule has 0 radical (unpaired) electrons. The van der Waals surface area contributed by atoms with Crippen LogP contribution in [0.5, 0.6) is 0 Å². The molecule has 0 aromatic heterocycles. The van der Waals surface area contributed by atoms with E-state index in [2.05, 4.69) is 5.32 Å². The highest BCUT2D eigenvalue weighted by Crippen LogP contribution is 2.18. The maximum absolute atomic E-state index is 13.0. The number of thioether (sulfide) groups is 1. The minimum absolute atomic E-state index is 0.0324. The summed E-state index contributed by atoms with van der Waals surface area (Å²) < 4.78 is 0. The SMILES string of the molecule is CCC(C(=O)NC)N(Cc1ccc(C)cc1)C(=O)CSCc1ccc(Cl)cc1. The molecule has 28 heavy (non-hydrogen) atoms. The van der Waals surface area contributed by atoms with Crippen molar-refractivity contribution in [2.24, 2.45) is 0 Å². The van der Waals surface area contributed by atoms with Crippen molar-refractivity contribution in [1.29, 1.82) is 0 Å². The molecular weight excluding hydrogens is 392 g/mol. The van der Waals surface area contributed by atoms with E-state index < -0.39 is 6.04 Å². The Balaban J connectivity index is 2.07.